The van der Waals surface area contributed by atoms with Crippen LogP contribution in [0.25, 0.3) is 5.57 Å². The fraction of sp³-hybridized carbons (Fsp3) is 0.318. The van der Waals surface area contributed by atoms with Crippen LogP contribution in [0.5, 0.6) is 0 Å². The highest BCUT2D eigenvalue weighted by Gasteiger charge is 2.33. The number of allylic oxidation sites excluding steroid dienone is 6. The molecule has 0 aliphatic heterocycles. The average Bonchev–Trinajstić information content (AvgIpc) is 3.11. The molecular formula is C44H44Cl2FNO5. The van der Waals surface area contributed by atoms with E-state index in [0.29, 0.717) is 53.0 Å². The van der Waals surface area contributed by atoms with E-state index in [0.717, 1.165) is 28.7 Å². The lowest BCUT2D eigenvalue weighted by Gasteiger charge is -2.34. The van der Waals surface area contributed by atoms with Gasteiger partial charge in [0.1, 0.15) is 11.9 Å². The summed E-state index contributed by atoms with van der Waals surface area (Å²) in [5.41, 5.74) is 5.51. The van der Waals surface area contributed by atoms with E-state index in [1.165, 1.54) is 30.0 Å². The SMILES string of the molecule is C=C1C=CC(c2ccc(C(=O)N(Cc3cc(F)cc(C(=O)C(=C)CCC4CC(OC(=O)c5ccc(Cl)c(Cl)c5)C4)c3)[C@H](C)C(C)=O)c(C(C)C)c2)=CC1. The van der Waals surface area contributed by atoms with Crippen molar-refractivity contribution in [3.8, 4) is 0 Å². The van der Waals surface area contributed by atoms with Gasteiger partial charge in [-0.05, 0) is 128 Å². The minimum atomic E-state index is -0.802. The number of nitrogens with zero attached hydrogens (tertiary/aromatic N) is 1. The van der Waals surface area contributed by atoms with E-state index in [9.17, 15) is 19.2 Å². The number of benzene rings is 3. The molecule has 0 saturated heterocycles. The van der Waals surface area contributed by atoms with Gasteiger partial charge in [0.15, 0.2) is 11.6 Å². The molecule has 53 heavy (non-hydrogen) atoms. The Bertz CT molecular complexity index is 2040. The second-order valence-corrected chi connectivity index (χ2v) is 15.2. The van der Waals surface area contributed by atoms with Crippen LogP contribution in [0.3, 0.4) is 0 Å². The van der Waals surface area contributed by atoms with Crippen molar-refractivity contribution < 1.29 is 28.3 Å². The second-order valence-electron chi connectivity index (χ2n) is 14.3. The zero-order valence-corrected chi connectivity index (χ0v) is 32.0. The molecule has 0 radical (unpaired) electrons. The number of hydrogen-bond donors (Lipinski definition) is 0. The van der Waals surface area contributed by atoms with Gasteiger partial charge >= 0.3 is 5.97 Å². The number of rotatable bonds is 14. The number of ketones is 2. The first-order valence-corrected chi connectivity index (χ1v) is 18.6. The zero-order chi connectivity index (χ0) is 38.6. The first-order chi connectivity index (χ1) is 25.1. The molecule has 0 N–H and O–H groups in total. The smallest absolute Gasteiger partial charge is 0.338 e. The fourth-order valence-electron chi connectivity index (χ4n) is 6.59. The molecule has 3 aromatic rings. The molecule has 2 aliphatic carbocycles. The molecule has 5 rings (SSSR count). The maximum atomic E-state index is 15.1. The van der Waals surface area contributed by atoms with Crippen molar-refractivity contribution in [1.29, 1.82) is 0 Å². The van der Waals surface area contributed by atoms with Gasteiger partial charge in [-0.1, -0.05) is 86.1 Å². The summed E-state index contributed by atoms with van der Waals surface area (Å²) in [5, 5.41) is 0.629. The third-order valence-electron chi connectivity index (χ3n) is 10.0. The number of amides is 1. The summed E-state index contributed by atoms with van der Waals surface area (Å²) >= 11 is 12.0. The summed E-state index contributed by atoms with van der Waals surface area (Å²) in [6, 6.07) is 13.5. The number of carbonyl (C=O) groups excluding carboxylic acids is 4. The molecule has 1 amide bonds. The standard InChI is InChI=1S/C44H44Cl2FNO5/c1-25(2)39-22-33(32-11-7-26(3)8-12-32)13-15-38(39)43(51)48(28(5)29(6)49)24-31-17-35(21-36(47)18-31)42(50)27(4)9-10-30-19-37(20-30)53-44(52)34-14-16-40(45)41(46)23-34/h7,11-18,21-23,25,28,30,37H,3-4,8-10,19-20,24H2,1-2,5-6H3/t28-,30?,37?/m1/s1. The Labute approximate surface area is 321 Å². The monoisotopic (exact) mass is 755 g/mol. The topological polar surface area (TPSA) is 80.8 Å². The van der Waals surface area contributed by atoms with Crippen LogP contribution in [0.15, 0.2) is 97.1 Å². The lowest BCUT2D eigenvalue weighted by molar-refractivity contribution is -0.121. The Morgan fingerprint density at radius 2 is 1.68 bits per heavy atom. The van der Waals surface area contributed by atoms with E-state index in [-0.39, 0.29) is 46.8 Å². The van der Waals surface area contributed by atoms with Gasteiger partial charge in [-0.3, -0.25) is 14.4 Å². The van der Waals surface area contributed by atoms with E-state index in [1.54, 1.807) is 31.2 Å². The molecule has 1 atom stereocenters. The van der Waals surface area contributed by atoms with Gasteiger partial charge in [-0.15, -0.1) is 0 Å². The van der Waals surface area contributed by atoms with Crippen LogP contribution >= 0.6 is 23.2 Å². The number of ether oxygens (including phenoxy) is 1. The molecule has 0 spiro atoms. The van der Waals surface area contributed by atoms with Crippen molar-refractivity contribution in [3.05, 3.63) is 146 Å². The van der Waals surface area contributed by atoms with Gasteiger partial charge in [0.25, 0.3) is 5.91 Å². The second kappa shape index (κ2) is 17.0. The third-order valence-corrected chi connectivity index (χ3v) is 10.7. The molecule has 6 nitrogen and oxygen atoms in total. The van der Waals surface area contributed by atoms with Gasteiger partial charge in [-0.25, -0.2) is 9.18 Å². The van der Waals surface area contributed by atoms with Gasteiger partial charge in [0.2, 0.25) is 0 Å². The molecule has 0 aromatic heterocycles. The fourth-order valence-corrected chi connectivity index (χ4v) is 6.88. The van der Waals surface area contributed by atoms with Crippen molar-refractivity contribution in [3.63, 3.8) is 0 Å². The van der Waals surface area contributed by atoms with Crippen LogP contribution in [0.1, 0.15) is 113 Å². The van der Waals surface area contributed by atoms with Crippen LogP contribution in [0.4, 0.5) is 4.39 Å². The summed E-state index contributed by atoms with van der Waals surface area (Å²) in [6.45, 7) is 15.0. The van der Waals surface area contributed by atoms with Crippen LogP contribution in [0.2, 0.25) is 10.0 Å². The van der Waals surface area contributed by atoms with Gasteiger partial charge < -0.3 is 9.64 Å². The highest BCUT2D eigenvalue weighted by atomic mass is 35.5. The van der Waals surface area contributed by atoms with E-state index >= 15 is 4.39 Å². The first kappa shape index (κ1) is 39.6. The maximum Gasteiger partial charge on any atom is 0.338 e. The summed E-state index contributed by atoms with van der Waals surface area (Å²) in [7, 11) is 0. The van der Waals surface area contributed by atoms with Gasteiger partial charge in [0.05, 0.1) is 21.7 Å². The normalized spacial score (nSPS) is 17.1. The Morgan fingerprint density at radius 3 is 2.32 bits per heavy atom. The Balaban J connectivity index is 1.24. The largest absolute Gasteiger partial charge is 0.459 e. The van der Waals surface area contributed by atoms with Crippen molar-refractivity contribution in [2.24, 2.45) is 5.92 Å². The first-order valence-electron chi connectivity index (χ1n) is 17.8. The minimum absolute atomic E-state index is 0.00532. The van der Waals surface area contributed by atoms with Gasteiger partial charge in [-0.2, -0.15) is 0 Å². The molecule has 0 heterocycles. The van der Waals surface area contributed by atoms with Crippen molar-refractivity contribution >= 4 is 52.2 Å². The molecule has 1 fully saturated rings. The lowest BCUT2D eigenvalue weighted by atomic mass is 9.78. The van der Waals surface area contributed by atoms with E-state index < -0.39 is 23.6 Å². The van der Waals surface area contributed by atoms with Crippen LogP contribution in [-0.2, 0) is 16.1 Å². The summed E-state index contributed by atoms with van der Waals surface area (Å²) in [5.74, 6) is -1.82. The van der Waals surface area contributed by atoms with Crippen LogP contribution in [0, 0.1) is 11.7 Å². The number of halogens is 3. The molecule has 276 valence electrons. The maximum absolute atomic E-state index is 15.1. The molecule has 3 aromatic carbocycles. The van der Waals surface area contributed by atoms with Crippen molar-refractivity contribution in [2.75, 3.05) is 0 Å². The molecule has 0 bridgehead atoms. The van der Waals surface area contributed by atoms with E-state index in [2.05, 4.69) is 19.2 Å². The average molecular weight is 757 g/mol. The van der Waals surface area contributed by atoms with Gasteiger partial charge in [0, 0.05) is 17.7 Å². The number of carbonyl (C=O) groups is 4. The Morgan fingerprint density at radius 1 is 0.943 bits per heavy atom. The third kappa shape index (κ3) is 9.70. The molecule has 2 aliphatic rings. The lowest BCUT2D eigenvalue weighted by Crippen LogP contribution is -2.42. The zero-order valence-electron chi connectivity index (χ0n) is 30.5. The minimum Gasteiger partial charge on any atom is -0.459 e. The van der Waals surface area contributed by atoms with Crippen LogP contribution < -0.4 is 0 Å². The summed E-state index contributed by atoms with van der Waals surface area (Å²) in [6.07, 6.45) is 8.98. The Kier molecular flexibility index (Phi) is 12.7. The predicted octanol–water partition coefficient (Wildman–Crippen LogP) is 10.9. The van der Waals surface area contributed by atoms with Crippen molar-refractivity contribution in [2.45, 2.75) is 84.4 Å². The summed E-state index contributed by atoms with van der Waals surface area (Å²) in [4.78, 5) is 54.3. The highest BCUT2D eigenvalue weighted by molar-refractivity contribution is 6.42. The molecule has 9 heteroatoms. The number of esters is 1. The number of hydrogen-bond acceptors (Lipinski definition) is 5. The number of Topliss-reactive ketones (excluding diaryl/α,β-unsaturated/α-hetero) is 2. The van der Waals surface area contributed by atoms with Crippen molar-refractivity contribution in [1.82, 2.24) is 4.90 Å². The Hall–Kier alpha value is -4.59. The quantitative estimate of drug-likeness (QED) is 0.0929. The highest BCUT2D eigenvalue weighted by Crippen LogP contribution is 2.36. The predicted molar refractivity (Wildman–Crippen MR) is 209 cm³/mol. The van der Waals surface area contributed by atoms with Crippen LogP contribution in [-0.4, -0.2) is 40.5 Å². The van der Waals surface area contributed by atoms with E-state index in [4.69, 9.17) is 27.9 Å². The van der Waals surface area contributed by atoms with E-state index in [1.807, 2.05) is 38.1 Å². The summed E-state index contributed by atoms with van der Waals surface area (Å²) < 4.78 is 20.6. The molecule has 1 saturated carbocycles. The molecular weight excluding hydrogens is 712 g/mol. The molecule has 0 unspecified atom stereocenters.